The molecule has 100 valence electrons. The zero-order valence-electron chi connectivity index (χ0n) is 10.3. The molecular weight excluding hydrogens is 314 g/mol. The van der Waals surface area contributed by atoms with Crippen LogP contribution in [0.15, 0.2) is 41.0 Å². The summed E-state index contributed by atoms with van der Waals surface area (Å²) in [6.45, 7) is 0. The highest BCUT2D eigenvalue weighted by molar-refractivity contribution is 9.10. The fourth-order valence-corrected chi connectivity index (χ4v) is 2.37. The molecule has 0 radical (unpaired) electrons. The van der Waals surface area contributed by atoms with Crippen molar-refractivity contribution in [3.8, 4) is 0 Å². The van der Waals surface area contributed by atoms with Gasteiger partial charge in [0, 0.05) is 4.47 Å². The Morgan fingerprint density at radius 1 is 1.21 bits per heavy atom. The number of rotatable bonds is 4. The Balaban J connectivity index is 2.21. The van der Waals surface area contributed by atoms with Gasteiger partial charge in [-0.05, 0) is 43.3 Å². The van der Waals surface area contributed by atoms with Crippen LogP contribution in [0.4, 0.5) is 8.78 Å². The van der Waals surface area contributed by atoms with Gasteiger partial charge in [-0.3, -0.25) is 4.98 Å². The molecule has 0 aliphatic heterocycles. The summed E-state index contributed by atoms with van der Waals surface area (Å²) in [6.07, 6.45) is 1.83. The molecule has 19 heavy (non-hydrogen) atoms. The van der Waals surface area contributed by atoms with Gasteiger partial charge in [0.15, 0.2) is 0 Å². The minimum atomic E-state index is -0.360. The first-order valence-corrected chi connectivity index (χ1v) is 6.62. The second kappa shape index (κ2) is 6.21. The topological polar surface area (TPSA) is 24.9 Å². The van der Waals surface area contributed by atoms with E-state index in [0.717, 1.165) is 15.7 Å². The average molecular weight is 327 g/mol. The maximum absolute atomic E-state index is 13.0. The lowest BCUT2D eigenvalue weighted by Gasteiger charge is -2.16. The molecule has 2 rings (SSSR count). The molecule has 0 aliphatic carbocycles. The Hall–Kier alpha value is -1.33. The predicted octanol–water partition coefficient (Wildman–Crippen LogP) is 3.63. The molecule has 0 saturated carbocycles. The van der Waals surface area contributed by atoms with Crippen molar-refractivity contribution in [3.05, 3.63) is 63.9 Å². The molecule has 0 fully saturated rings. The van der Waals surface area contributed by atoms with Gasteiger partial charge in [-0.1, -0.05) is 22.0 Å². The van der Waals surface area contributed by atoms with E-state index < -0.39 is 0 Å². The molecule has 2 aromatic rings. The third-order valence-corrected chi connectivity index (χ3v) is 3.63. The number of nitrogens with one attached hydrogen (secondary N) is 1. The molecule has 5 heteroatoms. The van der Waals surface area contributed by atoms with Crippen molar-refractivity contribution < 1.29 is 8.78 Å². The van der Waals surface area contributed by atoms with E-state index in [1.54, 1.807) is 12.1 Å². The van der Waals surface area contributed by atoms with Crippen LogP contribution in [-0.2, 0) is 6.42 Å². The van der Waals surface area contributed by atoms with Crippen LogP contribution >= 0.6 is 15.9 Å². The van der Waals surface area contributed by atoms with Gasteiger partial charge < -0.3 is 5.32 Å². The van der Waals surface area contributed by atoms with E-state index in [0.29, 0.717) is 6.42 Å². The molecule has 0 amide bonds. The molecule has 1 atom stereocenters. The van der Waals surface area contributed by atoms with E-state index in [-0.39, 0.29) is 17.7 Å². The Morgan fingerprint density at radius 3 is 2.53 bits per heavy atom. The molecule has 0 saturated heterocycles. The Bertz CT molecular complexity index is 558. The Morgan fingerprint density at radius 2 is 1.95 bits per heavy atom. The van der Waals surface area contributed by atoms with Crippen molar-refractivity contribution in [3.63, 3.8) is 0 Å². The third-order valence-electron chi connectivity index (χ3n) is 2.89. The van der Waals surface area contributed by atoms with E-state index >= 15 is 0 Å². The van der Waals surface area contributed by atoms with Gasteiger partial charge in [0.1, 0.15) is 11.6 Å². The maximum atomic E-state index is 13.0. The minimum absolute atomic E-state index is 0.0534. The lowest BCUT2D eigenvalue weighted by atomic mass is 10.0. The van der Waals surface area contributed by atoms with Gasteiger partial charge in [-0.2, -0.15) is 0 Å². The summed E-state index contributed by atoms with van der Waals surface area (Å²) in [7, 11) is 1.81. The second-order valence-electron chi connectivity index (χ2n) is 4.18. The lowest BCUT2D eigenvalue weighted by molar-refractivity contribution is 0.563. The van der Waals surface area contributed by atoms with Gasteiger partial charge in [0.05, 0.1) is 17.9 Å². The normalized spacial score (nSPS) is 12.4. The van der Waals surface area contributed by atoms with Crippen LogP contribution in [0.2, 0.25) is 0 Å². The average Bonchev–Trinajstić information content (AvgIpc) is 2.39. The first kappa shape index (κ1) is 14.1. The van der Waals surface area contributed by atoms with E-state index in [1.807, 2.05) is 7.05 Å². The van der Waals surface area contributed by atoms with E-state index in [1.165, 1.54) is 24.4 Å². The van der Waals surface area contributed by atoms with Crippen LogP contribution < -0.4 is 5.32 Å². The summed E-state index contributed by atoms with van der Waals surface area (Å²) in [6, 6.07) is 7.56. The summed E-state index contributed by atoms with van der Waals surface area (Å²) in [5, 5.41) is 3.13. The molecule has 1 unspecified atom stereocenters. The molecule has 1 heterocycles. The van der Waals surface area contributed by atoms with Crippen molar-refractivity contribution in [1.82, 2.24) is 10.3 Å². The largest absolute Gasteiger partial charge is 0.311 e. The lowest BCUT2D eigenvalue weighted by Crippen LogP contribution is -2.20. The Labute approximate surface area is 119 Å². The molecule has 1 aromatic carbocycles. The summed E-state index contributed by atoms with van der Waals surface area (Å²) in [5.41, 5.74) is 1.71. The smallest absolute Gasteiger partial charge is 0.141 e. The van der Waals surface area contributed by atoms with Gasteiger partial charge in [0.25, 0.3) is 0 Å². The van der Waals surface area contributed by atoms with Crippen molar-refractivity contribution in [2.24, 2.45) is 0 Å². The number of aromatic nitrogens is 1. The first-order valence-electron chi connectivity index (χ1n) is 5.83. The SMILES string of the molecule is CNC(Cc1ccc(F)cc1Br)c1ccc(F)cn1. The zero-order chi connectivity index (χ0) is 13.8. The number of benzene rings is 1. The van der Waals surface area contributed by atoms with Gasteiger partial charge in [0.2, 0.25) is 0 Å². The monoisotopic (exact) mass is 326 g/mol. The summed E-state index contributed by atoms with van der Waals surface area (Å²) >= 11 is 3.34. The molecule has 0 bridgehead atoms. The number of nitrogens with zero attached hydrogens (tertiary/aromatic N) is 1. The number of halogens is 3. The van der Waals surface area contributed by atoms with Crippen LogP contribution in [-0.4, -0.2) is 12.0 Å². The highest BCUT2D eigenvalue weighted by atomic mass is 79.9. The van der Waals surface area contributed by atoms with Crippen molar-refractivity contribution in [1.29, 1.82) is 0 Å². The number of pyridine rings is 1. The van der Waals surface area contributed by atoms with E-state index in [9.17, 15) is 8.78 Å². The molecule has 1 N–H and O–H groups in total. The molecule has 2 nitrogen and oxygen atoms in total. The van der Waals surface area contributed by atoms with Crippen molar-refractivity contribution in [2.75, 3.05) is 7.05 Å². The summed E-state index contributed by atoms with van der Waals surface area (Å²) in [4.78, 5) is 4.07. The number of hydrogen-bond acceptors (Lipinski definition) is 2. The molecule has 0 aliphatic rings. The fourth-order valence-electron chi connectivity index (χ4n) is 1.86. The minimum Gasteiger partial charge on any atom is -0.311 e. The first-order chi connectivity index (χ1) is 9.10. The quantitative estimate of drug-likeness (QED) is 0.928. The highest BCUT2D eigenvalue weighted by Gasteiger charge is 2.13. The van der Waals surface area contributed by atoms with Crippen molar-refractivity contribution in [2.45, 2.75) is 12.5 Å². The second-order valence-corrected chi connectivity index (χ2v) is 5.04. The molecule has 1 aromatic heterocycles. The van der Waals surface area contributed by atoms with Crippen LogP contribution in [0.5, 0.6) is 0 Å². The Kier molecular flexibility index (Phi) is 4.61. The van der Waals surface area contributed by atoms with Gasteiger partial charge in [-0.25, -0.2) is 8.78 Å². The van der Waals surface area contributed by atoms with E-state index in [4.69, 9.17) is 0 Å². The molecular formula is C14H13BrF2N2. The fraction of sp³-hybridized carbons (Fsp3) is 0.214. The maximum Gasteiger partial charge on any atom is 0.141 e. The van der Waals surface area contributed by atoms with E-state index in [2.05, 4.69) is 26.2 Å². The highest BCUT2D eigenvalue weighted by Crippen LogP contribution is 2.23. The number of likely N-dealkylation sites (N-methyl/N-ethyl adjacent to an activating group) is 1. The van der Waals surface area contributed by atoms with Crippen LogP contribution in [0.25, 0.3) is 0 Å². The molecule has 0 spiro atoms. The standard InChI is InChI=1S/C14H13BrF2N2/c1-18-14(13-5-4-11(17)8-19-13)6-9-2-3-10(16)7-12(9)15/h2-5,7-8,14,18H,6H2,1H3. The van der Waals surface area contributed by atoms with Crippen LogP contribution in [0.3, 0.4) is 0 Å². The predicted molar refractivity (Wildman–Crippen MR) is 73.8 cm³/mol. The third kappa shape index (κ3) is 3.58. The number of hydrogen-bond donors (Lipinski definition) is 1. The summed E-state index contributed by atoms with van der Waals surface area (Å²) in [5.74, 6) is -0.641. The van der Waals surface area contributed by atoms with Crippen LogP contribution in [0.1, 0.15) is 17.3 Å². The van der Waals surface area contributed by atoms with Crippen LogP contribution in [0, 0.1) is 11.6 Å². The van der Waals surface area contributed by atoms with Crippen molar-refractivity contribution >= 4 is 15.9 Å². The van der Waals surface area contributed by atoms with Gasteiger partial charge in [-0.15, -0.1) is 0 Å². The zero-order valence-corrected chi connectivity index (χ0v) is 11.9. The van der Waals surface area contributed by atoms with Gasteiger partial charge >= 0.3 is 0 Å². The summed E-state index contributed by atoms with van der Waals surface area (Å²) < 4.78 is 26.6.